The van der Waals surface area contributed by atoms with Crippen molar-refractivity contribution in [3.05, 3.63) is 51.6 Å². The standard InChI is InChI=1S/C20H26N6O2/c1-14-7-6-8-15-13-16(20(27)21-17(14)15)18(25-9-4-3-5-10-25)19-22-23-24-26(19)11-12-28-2/h6-8,13,18H,3-5,9-12H2,1-2H3,(H,21,27). The summed E-state index contributed by atoms with van der Waals surface area (Å²) in [7, 11) is 1.66. The van der Waals surface area contributed by atoms with E-state index in [0.29, 0.717) is 24.5 Å². The first-order valence-electron chi connectivity index (χ1n) is 9.80. The number of likely N-dealkylation sites (tertiary alicyclic amines) is 1. The highest BCUT2D eigenvalue weighted by atomic mass is 16.5. The lowest BCUT2D eigenvalue weighted by Crippen LogP contribution is -2.38. The first-order chi connectivity index (χ1) is 13.7. The highest BCUT2D eigenvalue weighted by Crippen LogP contribution is 2.29. The number of rotatable bonds is 6. The molecule has 4 rings (SSSR count). The average molecular weight is 382 g/mol. The Kier molecular flexibility index (Phi) is 5.50. The zero-order valence-electron chi connectivity index (χ0n) is 16.4. The Hall–Kier alpha value is -2.58. The third-order valence-electron chi connectivity index (χ3n) is 5.48. The van der Waals surface area contributed by atoms with Gasteiger partial charge in [-0.1, -0.05) is 24.6 Å². The summed E-state index contributed by atoms with van der Waals surface area (Å²) in [6.45, 7) is 4.91. The Balaban J connectivity index is 1.84. The molecule has 148 valence electrons. The number of hydrogen-bond donors (Lipinski definition) is 1. The molecule has 1 aromatic carbocycles. The number of methoxy groups -OCH3 is 1. The number of nitrogens with one attached hydrogen (secondary N) is 1. The molecule has 3 aromatic rings. The van der Waals surface area contributed by atoms with Crippen molar-refractivity contribution in [2.24, 2.45) is 0 Å². The first kappa shape index (κ1) is 18.8. The number of hydrogen-bond acceptors (Lipinski definition) is 6. The number of aryl methyl sites for hydroxylation is 1. The van der Waals surface area contributed by atoms with E-state index in [0.717, 1.165) is 42.4 Å². The largest absolute Gasteiger partial charge is 0.383 e. The minimum atomic E-state index is -0.277. The minimum absolute atomic E-state index is 0.0846. The summed E-state index contributed by atoms with van der Waals surface area (Å²) in [6.07, 6.45) is 3.44. The Morgan fingerprint density at radius 2 is 2.07 bits per heavy atom. The zero-order chi connectivity index (χ0) is 19.5. The van der Waals surface area contributed by atoms with Crippen molar-refractivity contribution < 1.29 is 4.74 Å². The number of piperidine rings is 1. The zero-order valence-corrected chi connectivity index (χ0v) is 16.4. The highest BCUT2D eigenvalue weighted by molar-refractivity contribution is 5.82. The molecule has 0 amide bonds. The molecule has 8 nitrogen and oxygen atoms in total. The normalized spacial score (nSPS) is 16.5. The van der Waals surface area contributed by atoms with Crippen LogP contribution in [0.15, 0.2) is 29.1 Å². The number of fused-ring (bicyclic) bond motifs is 1. The molecule has 1 unspecified atom stereocenters. The third kappa shape index (κ3) is 3.57. The molecule has 1 saturated heterocycles. The van der Waals surface area contributed by atoms with E-state index in [4.69, 9.17) is 4.74 Å². The lowest BCUT2D eigenvalue weighted by molar-refractivity contribution is 0.163. The molecule has 0 aliphatic carbocycles. The topological polar surface area (TPSA) is 88.9 Å². The number of ether oxygens (including phenoxy) is 1. The van der Waals surface area contributed by atoms with Crippen LogP contribution in [-0.2, 0) is 11.3 Å². The van der Waals surface area contributed by atoms with Gasteiger partial charge in [0.1, 0.15) is 6.04 Å². The molecule has 1 aliphatic heterocycles. The van der Waals surface area contributed by atoms with E-state index in [9.17, 15) is 4.79 Å². The second-order valence-electron chi connectivity index (χ2n) is 7.35. The van der Waals surface area contributed by atoms with Gasteiger partial charge in [-0.15, -0.1) is 5.10 Å². The SMILES string of the molecule is COCCn1nnnc1C(c1cc2cccc(C)c2[nH]c1=O)N1CCCCC1. The van der Waals surface area contributed by atoms with Crippen molar-refractivity contribution in [1.82, 2.24) is 30.1 Å². The molecular formula is C20H26N6O2. The van der Waals surface area contributed by atoms with Crippen LogP contribution in [0, 0.1) is 6.92 Å². The molecule has 8 heteroatoms. The molecular weight excluding hydrogens is 356 g/mol. The molecule has 0 spiro atoms. The molecule has 3 heterocycles. The number of aromatic amines is 1. The summed E-state index contributed by atoms with van der Waals surface area (Å²) < 4.78 is 6.95. The van der Waals surface area contributed by atoms with Crippen LogP contribution >= 0.6 is 0 Å². The van der Waals surface area contributed by atoms with Gasteiger partial charge in [0.2, 0.25) is 0 Å². The van der Waals surface area contributed by atoms with Gasteiger partial charge in [0.25, 0.3) is 5.56 Å². The van der Waals surface area contributed by atoms with Crippen LogP contribution < -0.4 is 5.56 Å². The van der Waals surface area contributed by atoms with Gasteiger partial charge in [-0.25, -0.2) is 4.68 Å². The average Bonchev–Trinajstić information content (AvgIpc) is 3.17. The van der Waals surface area contributed by atoms with E-state index < -0.39 is 0 Å². The Labute approximate surface area is 163 Å². The van der Waals surface area contributed by atoms with Gasteiger partial charge >= 0.3 is 0 Å². The van der Waals surface area contributed by atoms with E-state index in [1.165, 1.54) is 6.42 Å². The van der Waals surface area contributed by atoms with Crippen LogP contribution in [0.5, 0.6) is 0 Å². The highest BCUT2D eigenvalue weighted by Gasteiger charge is 2.31. The number of benzene rings is 1. The van der Waals surface area contributed by atoms with Crippen LogP contribution in [0.3, 0.4) is 0 Å². The Morgan fingerprint density at radius 1 is 1.25 bits per heavy atom. The van der Waals surface area contributed by atoms with Gasteiger partial charge in [-0.3, -0.25) is 9.69 Å². The van der Waals surface area contributed by atoms with Gasteiger partial charge in [0, 0.05) is 12.7 Å². The fourth-order valence-electron chi connectivity index (χ4n) is 4.02. The van der Waals surface area contributed by atoms with E-state index in [1.54, 1.807) is 11.8 Å². The van der Waals surface area contributed by atoms with Gasteiger partial charge < -0.3 is 9.72 Å². The van der Waals surface area contributed by atoms with Gasteiger partial charge in [-0.2, -0.15) is 0 Å². The summed E-state index contributed by atoms with van der Waals surface area (Å²) in [5.41, 5.74) is 2.54. The maximum absolute atomic E-state index is 13.1. The summed E-state index contributed by atoms with van der Waals surface area (Å²) in [5, 5.41) is 13.4. The van der Waals surface area contributed by atoms with Gasteiger partial charge in [0.15, 0.2) is 5.82 Å². The number of nitrogens with zero attached hydrogens (tertiary/aromatic N) is 5. The molecule has 1 atom stereocenters. The molecule has 1 N–H and O–H groups in total. The van der Waals surface area contributed by atoms with Crippen molar-refractivity contribution in [2.75, 3.05) is 26.8 Å². The fourth-order valence-corrected chi connectivity index (χ4v) is 4.02. The summed E-state index contributed by atoms with van der Waals surface area (Å²) in [4.78, 5) is 18.5. The fraction of sp³-hybridized carbons (Fsp3) is 0.500. The minimum Gasteiger partial charge on any atom is -0.383 e. The van der Waals surface area contributed by atoms with Crippen LogP contribution in [0.2, 0.25) is 0 Å². The summed E-state index contributed by atoms with van der Waals surface area (Å²) >= 11 is 0. The van der Waals surface area contributed by atoms with Gasteiger partial charge in [-0.05, 0) is 60.3 Å². The molecule has 0 saturated carbocycles. The van der Waals surface area contributed by atoms with Crippen molar-refractivity contribution in [3.63, 3.8) is 0 Å². The quantitative estimate of drug-likeness (QED) is 0.702. The van der Waals surface area contributed by atoms with E-state index in [2.05, 4.69) is 25.4 Å². The van der Waals surface area contributed by atoms with Crippen molar-refractivity contribution in [2.45, 2.75) is 38.8 Å². The Morgan fingerprint density at radius 3 is 2.86 bits per heavy atom. The van der Waals surface area contributed by atoms with Crippen LogP contribution in [0.4, 0.5) is 0 Å². The smallest absolute Gasteiger partial charge is 0.253 e. The lowest BCUT2D eigenvalue weighted by Gasteiger charge is -2.33. The van der Waals surface area contributed by atoms with Crippen molar-refractivity contribution >= 4 is 10.9 Å². The molecule has 28 heavy (non-hydrogen) atoms. The van der Waals surface area contributed by atoms with Crippen molar-refractivity contribution in [1.29, 1.82) is 0 Å². The number of H-pyrrole nitrogens is 1. The van der Waals surface area contributed by atoms with E-state index in [-0.39, 0.29) is 11.6 Å². The predicted molar refractivity (Wildman–Crippen MR) is 106 cm³/mol. The van der Waals surface area contributed by atoms with Gasteiger partial charge in [0.05, 0.1) is 18.7 Å². The molecule has 2 aromatic heterocycles. The van der Waals surface area contributed by atoms with Crippen LogP contribution in [0.1, 0.15) is 42.3 Å². The second kappa shape index (κ2) is 8.20. The predicted octanol–water partition coefficient (Wildman–Crippen LogP) is 2.04. The maximum atomic E-state index is 13.1. The molecule has 0 bridgehead atoms. The first-order valence-corrected chi connectivity index (χ1v) is 9.80. The van der Waals surface area contributed by atoms with E-state index >= 15 is 0 Å². The Bertz CT molecular complexity index is 1010. The van der Waals surface area contributed by atoms with Crippen LogP contribution in [-0.4, -0.2) is 56.9 Å². The monoisotopic (exact) mass is 382 g/mol. The molecule has 1 fully saturated rings. The number of aromatic nitrogens is 5. The molecule has 0 radical (unpaired) electrons. The second-order valence-corrected chi connectivity index (χ2v) is 7.35. The number of para-hydroxylation sites is 1. The number of tetrazole rings is 1. The van der Waals surface area contributed by atoms with E-state index in [1.807, 2.05) is 31.2 Å². The number of pyridine rings is 1. The lowest BCUT2D eigenvalue weighted by atomic mass is 10.00. The summed E-state index contributed by atoms with van der Waals surface area (Å²) in [6, 6.07) is 7.77. The third-order valence-corrected chi connectivity index (χ3v) is 5.48. The van der Waals surface area contributed by atoms with Crippen LogP contribution in [0.25, 0.3) is 10.9 Å². The van der Waals surface area contributed by atoms with Crippen molar-refractivity contribution in [3.8, 4) is 0 Å². The molecule has 1 aliphatic rings. The summed E-state index contributed by atoms with van der Waals surface area (Å²) in [5.74, 6) is 0.691. The maximum Gasteiger partial charge on any atom is 0.253 e.